The van der Waals surface area contributed by atoms with E-state index in [4.69, 9.17) is 14.1 Å². The smallest absolute Gasteiger partial charge is 0.233 e. The maximum Gasteiger partial charge on any atom is 0.233 e. The van der Waals surface area contributed by atoms with Gasteiger partial charge in [0.2, 0.25) is 5.91 Å². The van der Waals surface area contributed by atoms with E-state index < -0.39 is 8.32 Å². The fourth-order valence-electron chi connectivity index (χ4n) is 3.56. The fraction of sp³-hybridized carbons (Fsp3) is 0.565. The summed E-state index contributed by atoms with van der Waals surface area (Å²) in [6, 6.07) is 3.91. The molecule has 8 nitrogen and oxygen atoms in total. The molecule has 0 spiro atoms. The number of anilines is 3. The Labute approximate surface area is 191 Å². The average molecular weight is 456 g/mol. The predicted octanol–water partition coefficient (Wildman–Crippen LogP) is 3.84. The summed E-state index contributed by atoms with van der Waals surface area (Å²) in [6.07, 6.45) is 4.67. The van der Waals surface area contributed by atoms with Crippen molar-refractivity contribution in [3.05, 3.63) is 35.9 Å². The molecule has 2 aliphatic heterocycles. The maximum atomic E-state index is 12.9. The van der Waals surface area contributed by atoms with Crippen molar-refractivity contribution in [2.24, 2.45) is 0 Å². The number of amides is 1. The number of nitrogens with zero attached hydrogens (tertiary/aromatic N) is 5. The second-order valence-electron chi connectivity index (χ2n) is 9.89. The summed E-state index contributed by atoms with van der Waals surface area (Å²) < 4.78 is 11.7. The number of carbonyl (C=O) groups is 1. The fourth-order valence-corrected chi connectivity index (χ4v) is 4.48. The van der Waals surface area contributed by atoms with Gasteiger partial charge >= 0.3 is 0 Å². The van der Waals surface area contributed by atoms with Crippen LogP contribution < -0.4 is 9.80 Å². The van der Waals surface area contributed by atoms with Crippen molar-refractivity contribution in [2.45, 2.75) is 58.4 Å². The summed E-state index contributed by atoms with van der Waals surface area (Å²) in [5.74, 6) is 2.17. The molecule has 0 N–H and O–H groups in total. The van der Waals surface area contributed by atoms with E-state index in [9.17, 15) is 4.79 Å². The van der Waals surface area contributed by atoms with Crippen LogP contribution in [0.15, 0.2) is 24.5 Å². The Morgan fingerprint density at radius 1 is 1.09 bits per heavy atom. The lowest BCUT2D eigenvalue weighted by molar-refractivity contribution is -0.118. The molecule has 1 amide bonds. The molecular weight excluding hydrogens is 422 g/mol. The lowest BCUT2D eigenvalue weighted by Crippen LogP contribution is -2.40. The van der Waals surface area contributed by atoms with Gasteiger partial charge in [-0.3, -0.25) is 9.69 Å². The Kier molecular flexibility index (Phi) is 6.33. The van der Waals surface area contributed by atoms with Gasteiger partial charge in [0.1, 0.15) is 11.6 Å². The minimum absolute atomic E-state index is 0.0217. The molecule has 2 aliphatic rings. The summed E-state index contributed by atoms with van der Waals surface area (Å²) >= 11 is 0. The molecule has 4 heterocycles. The van der Waals surface area contributed by atoms with Crippen LogP contribution in [0.4, 0.5) is 17.3 Å². The first-order valence-corrected chi connectivity index (χ1v) is 14.2. The van der Waals surface area contributed by atoms with E-state index in [0.29, 0.717) is 44.3 Å². The Morgan fingerprint density at radius 2 is 1.84 bits per heavy atom. The number of carbonyl (C=O) groups excluding carboxylic acids is 1. The monoisotopic (exact) mass is 455 g/mol. The minimum atomic E-state index is -1.92. The van der Waals surface area contributed by atoms with Crippen LogP contribution in [0.2, 0.25) is 18.1 Å². The van der Waals surface area contributed by atoms with Crippen LogP contribution in [0.3, 0.4) is 0 Å². The van der Waals surface area contributed by atoms with Gasteiger partial charge < -0.3 is 14.1 Å². The number of aryl methyl sites for hydroxylation is 1. The zero-order chi connectivity index (χ0) is 22.9. The highest BCUT2D eigenvalue weighted by Crippen LogP contribution is 2.37. The summed E-state index contributed by atoms with van der Waals surface area (Å²) in [5, 5.41) is 0.108. The van der Waals surface area contributed by atoms with Crippen LogP contribution in [0.25, 0.3) is 0 Å². The van der Waals surface area contributed by atoms with E-state index in [0.717, 1.165) is 30.2 Å². The normalized spacial score (nSPS) is 17.5. The summed E-state index contributed by atoms with van der Waals surface area (Å²) in [6.45, 7) is 14.5. The Bertz CT molecular complexity index is 969. The maximum absolute atomic E-state index is 12.9. The van der Waals surface area contributed by atoms with E-state index in [-0.39, 0.29) is 10.9 Å². The third kappa shape index (κ3) is 4.69. The first kappa shape index (κ1) is 22.8. The van der Waals surface area contributed by atoms with Crippen LogP contribution in [-0.2, 0) is 27.0 Å². The number of fused-ring (bicyclic) bond motifs is 1. The molecule has 32 heavy (non-hydrogen) atoms. The molecule has 0 bridgehead atoms. The van der Waals surface area contributed by atoms with E-state index in [1.807, 2.05) is 18.3 Å². The molecular formula is C23H33N5O3Si. The lowest BCUT2D eigenvalue weighted by atomic mass is 10.1. The van der Waals surface area contributed by atoms with Crippen molar-refractivity contribution in [1.82, 2.24) is 15.0 Å². The number of hydrogen-bond acceptors (Lipinski definition) is 7. The van der Waals surface area contributed by atoms with Gasteiger partial charge in [-0.15, -0.1) is 0 Å². The first-order valence-electron chi connectivity index (χ1n) is 11.3. The Hall–Kier alpha value is -2.36. The molecule has 0 saturated carbocycles. The average Bonchev–Trinajstić information content (AvgIpc) is 2.77. The molecule has 172 valence electrons. The highest BCUT2D eigenvalue weighted by atomic mass is 28.4. The quantitative estimate of drug-likeness (QED) is 0.634. The summed E-state index contributed by atoms with van der Waals surface area (Å²) in [7, 11) is -1.92. The van der Waals surface area contributed by atoms with E-state index >= 15 is 0 Å². The third-order valence-electron chi connectivity index (χ3n) is 6.65. The third-order valence-corrected chi connectivity index (χ3v) is 11.1. The van der Waals surface area contributed by atoms with Crippen molar-refractivity contribution in [3.8, 4) is 0 Å². The van der Waals surface area contributed by atoms with Gasteiger partial charge in [0, 0.05) is 31.3 Å². The molecule has 0 aromatic carbocycles. The van der Waals surface area contributed by atoms with Gasteiger partial charge in [0.25, 0.3) is 0 Å². The minimum Gasteiger partial charge on any atom is -0.409 e. The second-order valence-corrected chi connectivity index (χ2v) is 14.7. The van der Waals surface area contributed by atoms with Gasteiger partial charge in [-0.05, 0) is 36.7 Å². The van der Waals surface area contributed by atoms with Crippen molar-refractivity contribution in [1.29, 1.82) is 0 Å². The van der Waals surface area contributed by atoms with E-state index in [2.05, 4.69) is 48.7 Å². The molecule has 2 aromatic rings. The first-order chi connectivity index (χ1) is 15.2. The Balaban J connectivity index is 1.57. The van der Waals surface area contributed by atoms with Gasteiger partial charge in [-0.25, -0.2) is 15.0 Å². The lowest BCUT2D eigenvalue weighted by Gasteiger charge is -2.36. The van der Waals surface area contributed by atoms with Crippen LogP contribution in [0.1, 0.15) is 38.6 Å². The van der Waals surface area contributed by atoms with Crippen LogP contribution in [-0.4, -0.2) is 55.5 Å². The largest absolute Gasteiger partial charge is 0.409 e. The van der Waals surface area contributed by atoms with Crippen LogP contribution in [0.5, 0.6) is 0 Å². The van der Waals surface area contributed by atoms with Gasteiger partial charge in [-0.1, -0.05) is 20.8 Å². The molecule has 0 atom stereocenters. The van der Waals surface area contributed by atoms with Crippen molar-refractivity contribution in [2.75, 3.05) is 36.1 Å². The van der Waals surface area contributed by atoms with Crippen molar-refractivity contribution < 1.29 is 14.0 Å². The summed E-state index contributed by atoms with van der Waals surface area (Å²) in [4.78, 5) is 30.6. The number of aromatic nitrogens is 3. The topological polar surface area (TPSA) is 80.7 Å². The zero-order valence-corrected chi connectivity index (χ0v) is 20.7. The molecule has 0 aliphatic carbocycles. The van der Waals surface area contributed by atoms with Gasteiger partial charge in [0.15, 0.2) is 14.1 Å². The highest BCUT2D eigenvalue weighted by Gasteiger charge is 2.37. The summed E-state index contributed by atoms with van der Waals surface area (Å²) in [5.41, 5.74) is 1.70. The standard InChI is InChI=1S/C23H33N5O3Si/c1-23(2,3)32(4,5)31-16-19-24-14-17-6-9-21(29)28(22(17)26-19)18-7-8-20(25-15-18)27-10-12-30-13-11-27/h7-8,14-15H,6,9-13,16H2,1-5H3. The number of morpholine rings is 1. The molecule has 0 unspecified atom stereocenters. The zero-order valence-electron chi connectivity index (χ0n) is 19.7. The van der Waals surface area contributed by atoms with Crippen molar-refractivity contribution >= 4 is 31.5 Å². The van der Waals surface area contributed by atoms with Crippen molar-refractivity contribution in [3.63, 3.8) is 0 Å². The SMILES string of the molecule is CC(C)(C)[Si](C)(C)OCc1ncc2c(n1)N(c1ccc(N3CCOCC3)nc1)C(=O)CC2. The molecule has 1 fully saturated rings. The number of ether oxygens (including phenoxy) is 1. The molecule has 4 rings (SSSR count). The van der Waals surface area contributed by atoms with Gasteiger partial charge in [-0.2, -0.15) is 0 Å². The van der Waals surface area contributed by atoms with E-state index in [1.165, 1.54) is 0 Å². The van der Waals surface area contributed by atoms with E-state index in [1.54, 1.807) is 11.1 Å². The molecule has 2 aromatic heterocycles. The molecule has 9 heteroatoms. The Morgan fingerprint density at radius 3 is 2.50 bits per heavy atom. The highest BCUT2D eigenvalue weighted by molar-refractivity contribution is 6.74. The number of rotatable bonds is 5. The number of hydrogen-bond donors (Lipinski definition) is 0. The van der Waals surface area contributed by atoms with Crippen LogP contribution in [0, 0.1) is 0 Å². The number of pyridine rings is 1. The predicted molar refractivity (Wildman–Crippen MR) is 127 cm³/mol. The van der Waals surface area contributed by atoms with Gasteiger partial charge in [0.05, 0.1) is 31.7 Å². The molecule has 1 saturated heterocycles. The second kappa shape index (κ2) is 8.88. The molecule has 0 radical (unpaired) electrons. The van der Waals surface area contributed by atoms with Crippen LogP contribution >= 0.6 is 0 Å².